The predicted molar refractivity (Wildman–Crippen MR) is 109 cm³/mol. The summed E-state index contributed by atoms with van der Waals surface area (Å²) in [5, 5.41) is 3.34. The van der Waals surface area contributed by atoms with Crippen LogP contribution in [0.15, 0.2) is 53.1 Å². The van der Waals surface area contributed by atoms with Crippen LogP contribution in [0, 0.1) is 0 Å². The number of methoxy groups -OCH3 is 2. The molecule has 0 spiro atoms. The first kappa shape index (κ1) is 19.2. The van der Waals surface area contributed by atoms with Crippen LogP contribution in [-0.4, -0.2) is 32.8 Å². The van der Waals surface area contributed by atoms with Gasteiger partial charge in [0.25, 0.3) is 5.91 Å². The summed E-state index contributed by atoms with van der Waals surface area (Å²) in [5.74, 6) is 2.10. The minimum absolute atomic E-state index is 0.205. The van der Waals surface area contributed by atoms with E-state index < -0.39 is 0 Å². The van der Waals surface area contributed by atoms with Crippen molar-refractivity contribution in [2.75, 3.05) is 20.8 Å². The molecule has 4 rings (SSSR count). The zero-order valence-corrected chi connectivity index (χ0v) is 16.8. The Labute approximate surface area is 173 Å². The summed E-state index contributed by atoms with van der Waals surface area (Å²) in [5.41, 5.74) is 2.77. The third-order valence-electron chi connectivity index (χ3n) is 4.81. The van der Waals surface area contributed by atoms with Crippen molar-refractivity contribution in [2.24, 2.45) is 0 Å². The van der Waals surface area contributed by atoms with Crippen LogP contribution < -0.4 is 19.5 Å². The summed E-state index contributed by atoms with van der Waals surface area (Å²) in [4.78, 5) is 12.1. The first-order valence-electron chi connectivity index (χ1n) is 9.12. The van der Waals surface area contributed by atoms with Gasteiger partial charge in [0.1, 0.15) is 23.4 Å². The molecule has 0 radical (unpaired) electrons. The van der Waals surface area contributed by atoms with E-state index in [1.165, 1.54) is 6.26 Å². The van der Waals surface area contributed by atoms with Gasteiger partial charge < -0.3 is 23.9 Å². The minimum Gasteiger partial charge on any atom is -0.497 e. The lowest BCUT2D eigenvalue weighted by molar-refractivity contribution is 0.0906. The number of amides is 1. The molecule has 7 heteroatoms. The number of nitrogens with one attached hydrogen (secondary N) is 1. The van der Waals surface area contributed by atoms with Crippen LogP contribution >= 0.6 is 11.6 Å². The van der Waals surface area contributed by atoms with Crippen LogP contribution in [0.3, 0.4) is 0 Å². The Bertz CT molecular complexity index is 1030. The molecule has 1 amide bonds. The highest BCUT2D eigenvalue weighted by Gasteiger charge is 2.27. The summed E-state index contributed by atoms with van der Waals surface area (Å²) in [7, 11) is 3.25. The van der Waals surface area contributed by atoms with Crippen molar-refractivity contribution in [1.29, 1.82) is 0 Å². The number of halogens is 1. The lowest BCUT2D eigenvalue weighted by Crippen LogP contribution is -2.34. The number of fused-ring (bicyclic) bond motifs is 1. The van der Waals surface area contributed by atoms with Gasteiger partial charge in [-0.3, -0.25) is 4.79 Å². The number of benzene rings is 2. The van der Waals surface area contributed by atoms with Crippen molar-refractivity contribution in [3.8, 4) is 28.4 Å². The van der Waals surface area contributed by atoms with Gasteiger partial charge in [0.2, 0.25) is 0 Å². The topological polar surface area (TPSA) is 69.9 Å². The summed E-state index contributed by atoms with van der Waals surface area (Å²) in [6.45, 7) is 0.350. The van der Waals surface area contributed by atoms with Crippen molar-refractivity contribution in [1.82, 2.24) is 5.32 Å². The van der Waals surface area contributed by atoms with Gasteiger partial charge in [0.15, 0.2) is 5.76 Å². The number of hydrogen-bond acceptors (Lipinski definition) is 5. The summed E-state index contributed by atoms with van der Waals surface area (Å²) < 4.78 is 21.9. The van der Waals surface area contributed by atoms with Crippen molar-refractivity contribution in [3.63, 3.8) is 0 Å². The van der Waals surface area contributed by atoms with Crippen LogP contribution in [0.5, 0.6) is 17.2 Å². The number of carbonyl (C=O) groups is 1. The lowest BCUT2D eigenvalue weighted by atomic mass is 9.99. The molecule has 0 saturated heterocycles. The number of rotatable bonds is 6. The monoisotopic (exact) mass is 413 g/mol. The highest BCUT2D eigenvalue weighted by molar-refractivity contribution is 6.32. The van der Waals surface area contributed by atoms with E-state index in [0.29, 0.717) is 23.7 Å². The maximum atomic E-state index is 12.1. The quantitative estimate of drug-likeness (QED) is 0.650. The summed E-state index contributed by atoms with van der Waals surface area (Å²) >= 11 is 6.50. The number of carbonyl (C=O) groups excluding carboxylic acids is 1. The molecule has 0 bridgehead atoms. The Morgan fingerprint density at radius 3 is 2.79 bits per heavy atom. The van der Waals surface area contributed by atoms with E-state index in [-0.39, 0.29) is 17.8 Å². The molecule has 6 nitrogen and oxygen atoms in total. The fourth-order valence-corrected chi connectivity index (χ4v) is 3.68. The van der Waals surface area contributed by atoms with Gasteiger partial charge >= 0.3 is 0 Å². The highest BCUT2D eigenvalue weighted by atomic mass is 35.5. The SMILES string of the molecule is COc1ccc(OC)c(-c2cc(Cl)c3c(c2)C[C@@H](CNC(=O)c2ccco2)O3)c1. The third-order valence-corrected chi connectivity index (χ3v) is 5.09. The molecule has 0 unspecified atom stereocenters. The van der Waals surface area contributed by atoms with Crippen molar-refractivity contribution in [2.45, 2.75) is 12.5 Å². The van der Waals surface area contributed by atoms with Gasteiger partial charge in [0, 0.05) is 17.5 Å². The molecular weight excluding hydrogens is 394 g/mol. The molecule has 0 aliphatic carbocycles. The normalized spacial score (nSPS) is 14.8. The number of hydrogen-bond donors (Lipinski definition) is 1. The second kappa shape index (κ2) is 8.09. The molecule has 1 aliphatic rings. The molecule has 0 saturated carbocycles. The van der Waals surface area contributed by atoms with E-state index >= 15 is 0 Å². The molecule has 1 aliphatic heterocycles. The fraction of sp³-hybridized carbons (Fsp3) is 0.227. The third kappa shape index (κ3) is 3.89. The highest BCUT2D eigenvalue weighted by Crippen LogP contribution is 2.42. The van der Waals surface area contributed by atoms with Gasteiger partial charge in [-0.1, -0.05) is 11.6 Å². The molecule has 0 fully saturated rings. The second-order valence-corrected chi connectivity index (χ2v) is 7.05. The average Bonchev–Trinajstić information content (AvgIpc) is 3.41. The lowest BCUT2D eigenvalue weighted by Gasteiger charge is -2.13. The molecule has 1 N–H and O–H groups in total. The average molecular weight is 414 g/mol. The molecule has 150 valence electrons. The van der Waals surface area contributed by atoms with Crippen LogP contribution in [0.2, 0.25) is 5.02 Å². The van der Waals surface area contributed by atoms with Crippen molar-refractivity contribution >= 4 is 17.5 Å². The van der Waals surface area contributed by atoms with Gasteiger partial charge in [-0.25, -0.2) is 0 Å². The Morgan fingerprint density at radius 2 is 2.07 bits per heavy atom. The number of ether oxygens (including phenoxy) is 3. The van der Waals surface area contributed by atoms with Gasteiger partial charge in [0.05, 0.1) is 32.1 Å². The van der Waals surface area contributed by atoms with E-state index in [9.17, 15) is 4.79 Å². The Balaban J connectivity index is 1.54. The van der Waals surface area contributed by atoms with E-state index in [1.807, 2.05) is 30.3 Å². The van der Waals surface area contributed by atoms with Crippen molar-refractivity contribution in [3.05, 3.63) is 65.1 Å². The van der Waals surface area contributed by atoms with Crippen LogP contribution in [0.25, 0.3) is 11.1 Å². The van der Waals surface area contributed by atoms with Gasteiger partial charge in [-0.05, 0) is 48.0 Å². The van der Waals surface area contributed by atoms with E-state index in [2.05, 4.69) is 5.32 Å². The Hall–Kier alpha value is -3.12. The first-order chi connectivity index (χ1) is 14.1. The number of furan rings is 1. The molecule has 1 atom stereocenters. The predicted octanol–water partition coefficient (Wildman–Crippen LogP) is 4.35. The van der Waals surface area contributed by atoms with Gasteiger partial charge in [-0.2, -0.15) is 0 Å². The summed E-state index contributed by atoms with van der Waals surface area (Å²) in [6.07, 6.45) is 1.89. The standard InChI is InChI=1S/C22H20ClNO5/c1-26-15-5-6-19(27-2)17(11-15)13-8-14-9-16(29-21(14)18(23)10-13)12-24-22(25)20-4-3-7-28-20/h3-8,10-11,16H,9,12H2,1-2H3,(H,24,25)/t16-/m0/s1. The molecule has 1 aromatic heterocycles. The minimum atomic E-state index is -0.276. The van der Waals surface area contributed by atoms with Crippen LogP contribution in [0.4, 0.5) is 0 Å². The molecule has 2 heterocycles. The zero-order chi connectivity index (χ0) is 20.4. The van der Waals surface area contributed by atoms with Crippen LogP contribution in [0.1, 0.15) is 16.1 Å². The van der Waals surface area contributed by atoms with Gasteiger partial charge in [-0.15, -0.1) is 0 Å². The Kier molecular flexibility index (Phi) is 5.36. The maximum Gasteiger partial charge on any atom is 0.287 e. The molecule has 29 heavy (non-hydrogen) atoms. The van der Waals surface area contributed by atoms with E-state index in [4.69, 9.17) is 30.2 Å². The zero-order valence-electron chi connectivity index (χ0n) is 16.0. The molecule has 3 aromatic rings. The first-order valence-corrected chi connectivity index (χ1v) is 9.50. The molecular formula is C22H20ClNO5. The van der Waals surface area contributed by atoms with Crippen LogP contribution in [-0.2, 0) is 6.42 Å². The van der Waals surface area contributed by atoms with E-state index in [0.717, 1.165) is 28.2 Å². The van der Waals surface area contributed by atoms with Crippen molar-refractivity contribution < 1.29 is 23.4 Å². The molecule has 2 aromatic carbocycles. The maximum absolute atomic E-state index is 12.1. The fourth-order valence-electron chi connectivity index (χ4n) is 3.40. The summed E-state index contributed by atoms with van der Waals surface area (Å²) in [6, 6.07) is 12.8. The largest absolute Gasteiger partial charge is 0.497 e. The smallest absolute Gasteiger partial charge is 0.287 e. The Morgan fingerprint density at radius 1 is 1.21 bits per heavy atom. The van der Waals surface area contributed by atoms with E-state index in [1.54, 1.807) is 26.4 Å². The second-order valence-electron chi connectivity index (χ2n) is 6.64.